The quantitative estimate of drug-likeness (QED) is 0.670. The number of nitrogens with one attached hydrogen (secondary N) is 1. The number of anilines is 1. The van der Waals surface area contributed by atoms with Gasteiger partial charge in [-0.15, -0.1) is 23.4 Å². The lowest BCUT2D eigenvalue weighted by Crippen LogP contribution is -2.24. The average Bonchev–Trinajstić information content (AvgIpc) is 3.29. The molecule has 29 heavy (non-hydrogen) atoms. The van der Waals surface area contributed by atoms with Gasteiger partial charge in [0.05, 0.1) is 0 Å². The van der Waals surface area contributed by atoms with Crippen molar-refractivity contribution in [2.24, 2.45) is 0 Å². The molecule has 1 aromatic heterocycles. The molecule has 0 bridgehead atoms. The average molecular weight is 423 g/mol. The molecule has 1 atom stereocenters. The summed E-state index contributed by atoms with van der Waals surface area (Å²) in [4.78, 5) is 17.1. The van der Waals surface area contributed by atoms with Crippen LogP contribution in [0.3, 0.4) is 0 Å². The van der Waals surface area contributed by atoms with E-state index in [1.54, 1.807) is 29.2 Å². The minimum Gasteiger partial charge on any atom is -0.406 e. The lowest BCUT2D eigenvalue weighted by atomic mass is 10.1. The fourth-order valence-electron chi connectivity index (χ4n) is 3.16. The maximum absolute atomic E-state index is 12.4. The summed E-state index contributed by atoms with van der Waals surface area (Å²) < 4.78 is 40.6. The molecule has 1 fully saturated rings. The fourth-order valence-corrected chi connectivity index (χ4v) is 3.29. The number of aromatic amines is 1. The van der Waals surface area contributed by atoms with E-state index in [1.807, 2.05) is 0 Å². The zero-order chi connectivity index (χ0) is 20.6. The fraction of sp³-hybridized carbons (Fsp3) is 0.211. The minimum absolute atomic E-state index is 0.0380. The predicted molar refractivity (Wildman–Crippen MR) is 99.7 cm³/mol. The number of alkyl halides is 3. The third kappa shape index (κ3) is 4.34. The number of nitrogens with zero attached hydrogens (tertiary/aromatic N) is 3. The van der Waals surface area contributed by atoms with E-state index in [9.17, 15) is 18.0 Å². The second-order valence-electron chi connectivity index (χ2n) is 6.51. The van der Waals surface area contributed by atoms with Gasteiger partial charge in [-0.3, -0.25) is 4.79 Å². The number of H-pyrrole nitrogens is 1. The number of hydrogen-bond acceptors (Lipinski definition) is 4. The van der Waals surface area contributed by atoms with Crippen LogP contribution < -0.4 is 9.64 Å². The van der Waals surface area contributed by atoms with Crippen LogP contribution in [0.2, 0.25) is 5.02 Å². The van der Waals surface area contributed by atoms with Crippen molar-refractivity contribution in [2.75, 3.05) is 11.4 Å². The van der Waals surface area contributed by atoms with Gasteiger partial charge in [0.2, 0.25) is 5.91 Å². The van der Waals surface area contributed by atoms with Crippen molar-refractivity contribution in [2.45, 2.75) is 18.7 Å². The molecule has 2 aromatic carbocycles. The van der Waals surface area contributed by atoms with Crippen molar-refractivity contribution in [1.82, 2.24) is 15.2 Å². The Balaban J connectivity index is 1.48. The number of hydrogen-bond donors (Lipinski definition) is 1. The summed E-state index contributed by atoms with van der Waals surface area (Å²) in [6.45, 7) is 0.438. The molecule has 0 saturated carbocycles. The van der Waals surface area contributed by atoms with Crippen LogP contribution in [-0.2, 0) is 4.79 Å². The molecule has 3 aromatic rings. The van der Waals surface area contributed by atoms with Gasteiger partial charge in [-0.05, 0) is 48.5 Å². The standard InChI is InChI=1S/C19H14ClF3N4O2/c20-13-3-5-14(6-4-13)27-10-12(9-16(27)28)18-24-17(25-26-18)11-1-7-15(8-2-11)29-19(21,22)23/h1-8,12H,9-10H2,(H,24,25,26). The molecular formula is C19H14ClF3N4O2. The van der Waals surface area contributed by atoms with Crippen LogP contribution in [-0.4, -0.2) is 34.0 Å². The molecule has 2 heterocycles. The summed E-state index contributed by atoms with van der Waals surface area (Å²) in [5, 5.41) is 8.76. The molecule has 10 heteroatoms. The molecule has 0 aliphatic carbocycles. The first-order valence-corrected chi connectivity index (χ1v) is 9.01. The first kappa shape index (κ1) is 19.3. The van der Waals surface area contributed by atoms with Gasteiger partial charge in [0.25, 0.3) is 0 Å². The highest BCUT2D eigenvalue weighted by Gasteiger charge is 2.34. The second kappa shape index (κ2) is 7.40. The van der Waals surface area contributed by atoms with E-state index in [0.29, 0.717) is 28.8 Å². The van der Waals surface area contributed by atoms with Crippen LogP contribution in [0.25, 0.3) is 11.4 Å². The van der Waals surface area contributed by atoms with Gasteiger partial charge in [0.1, 0.15) is 11.6 Å². The van der Waals surface area contributed by atoms with Crippen molar-refractivity contribution >= 4 is 23.2 Å². The molecule has 1 N–H and O–H groups in total. The zero-order valence-corrected chi connectivity index (χ0v) is 15.5. The molecule has 1 aliphatic heterocycles. The first-order valence-electron chi connectivity index (χ1n) is 8.63. The molecule has 6 nitrogen and oxygen atoms in total. The Labute approximate surface area is 168 Å². The summed E-state index contributed by atoms with van der Waals surface area (Å²) >= 11 is 5.89. The van der Waals surface area contributed by atoms with Gasteiger partial charge in [0.15, 0.2) is 5.82 Å². The van der Waals surface area contributed by atoms with Crippen LogP contribution in [0.4, 0.5) is 18.9 Å². The molecule has 0 radical (unpaired) electrons. The smallest absolute Gasteiger partial charge is 0.406 e. The van der Waals surface area contributed by atoms with Gasteiger partial charge >= 0.3 is 6.36 Å². The molecule has 4 rings (SSSR count). The Hall–Kier alpha value is -3.07. The predicted octanol–water partition coefficient (Wildman–Crippen LogP) is 4.54. The van der Waals surface area contributed by atoms with Crippen LogP contribution in [0.1, 0.15) is 18.2 Å². The van der Waals surface area contributed by atoms with Gasteiger partial charge in [-0.2, -0.15) is 0 Å². The number of rotatable bonds is 4. The molecule has 150 valence electrons. The molecule has 0 spiro atoms. The van der Waals surface area contributed by atoms with E-state index < -0.39 is 6.36 Å². The molecular weight excluding hydrogens is 409 g/mol. The highest BCUT2D eigenvalue weighted by molar-refractivity contribution is 6.30. The van der Waals surface area contributed by atoms with Gasteiger partial charge in [0, 0.05) is 35.2 Å². The number of ether oxygens (including phenoxy) is 1. The Kier molecular flexibility index (Phi) is 4.91. The SMILES string of the molecule is O=C1CC(c2nnc(-c3ccc(OC(F)(F)F)cc3)[nH]2)CN1c1ccc(Cl)cc1. The van der Waals surface area contributed by atoms with Crippen LogP contribution in [0.15, 0.2) is 48.5 Å². The maximum atomic E-state index is 12.4. The van der Waals surface area contributed by atoms with Crippen molar-refractivity contribution in [3.8, 4) is 17.1 Å². The topological polar surface area (TPSA) is 71.1 Å². The normalized spacial score (nSPS) is 17.0. The van der Waals surface area contributed by atoms with Crippen LogP contribution >= 0.6 is 11.6 Å². The Morgan fingerprint density at radius 1 is 1.07 bits per heavy atom. The van der Waals surface area contributed by atoms with E-state index in [4.69, 9.17) is 11.6 Å². The summed E-state index contributed by atoms with van der Waals surface area (Å²) in [5.74, 6) is 0.411. The highest BCUT2D eigenvalue weighted by Crippen LogP contribution is 2.32. The van der Waals surface area contributed by atoms with E-state index in [2.05, 4.69) is 19.9 Å². The van der Waals surface area contributed by atoms with Crippen molar-refractivity contribution < 1.29 is 22.7 Å². The van der Waals surface area contributed by atoms with E-state index >= 15 is 0 Å². The van der Waals surface area contributed by atoms with Crippen LogP contribution in [0.5, 0.6) is 5.75 Å². The number of carbonyl (C=O) groups excluding carboxylic acids is 1. The number of amides is 1. The summed E-state index contributed by atoms with van der Waals surface area (Å²) in [6.07, 6.45) is -4.47. The third-order valence-corrected chi connectivity index (χ3v) is 4.77. The lowest BCUT2D eigenvalue weighted by Gasteiger charge is -2.16. The van der Waals surface area contributed by atoms with Crippen LogP contribution in [0, 0.1) is 0 Å². The summed E-state index contributed by atoms with van der Waals surface area (Å²) in [7, 11) is 0. The number of benzene rings is 2. The molecule has 1 saturated heterocycles. The molecule has 1 aliphatic rings. The molecule has 1 unspecified atom stereocenters. The maximum Gasteiger partial charge on any atom is 0.573 e. The Morgan fingerprint density at radius 2 is 1.76 bits per heavy atom. The Morgan fingerprint density at radius 3 is 2.41 bits per heavy atom. The van der Waals surface area contributed by atoms with E-state index in [0.717, 1.165) is 5.69 Å². The van der Waals surface area contributed by atoms with Crippen molar-refractivity contribution in [1.29, 1.82) is 0 Å². The lowest BCUT2D eigenvalue weighted by molar-refractivity contribution is -0.274. The third-order valence-electron chi connectivity index (χ3n) is 4.52. The number of halogens is 4. The van der Waals surface area contributed by atoms with Crippen molar-refractivity contribution in [3.63, 3.8) is 0 Å². The first-order chi connectivity index (χ1) is 13.8. The highest BCUT2D eigenvalue weighted by atomic mass is 35.5. The second-order valence-corrected chi connectivity index (χ2v) is 6.95. The number of carbonyl (C=O) groups is 1. The zero-order valence-electron chi connectivity index (χ0n) is 14.8. The van der Waals surface area contributed by atoms with Crippen molar-refractivity contribution in [3.05, 3.63) is 59.4 Å². The van der Waals surface area contributed by atoms with Gasteiger partial charge in [-0.25, -0.2) is 0 Å². The largest absolute Gasteiger partial charge is 0.573 e. The number of aromatic nitrogens is 3. The Bertz CT molecular complexity index is 1020. The van der Waals surface area contributed by atoms with Gasteiger partial charge < -0.3 is 14.6 Å². The minimum atomic E-state index is -4.74. The van der Waals surface area contributed by atoms with E-state index in [-0.39, 0.29) is 24.0 Å². The molecule has 1 amide bonds. The van der Waals surface area contributed by atoms with E-state index in [1.165, 1.54) is 24.3 Å². The summed E-state index contributed by atoms with van der Waals surface area (Å²) in [5.41, 5.74) is 1.30. The monoisotopic (exact) mass is 422 g/mol. The summed E-state index contributed by atoms with van der Waals surface area (Å²) in [6, 6.07) is 12.3. The van der Waals surface area contributed by atoms with Gasteiger partial charge in [-0.1, -0.05) is 11.6 Å².